The predicted molar refractivity (Wildman–Crippen MR) is 77.8 cm³/mol. The van der Waals surface area contributed by atoms with Gasteiger partial charge in [0.1, 0.15) is 6.04 Å². The SMILES string of the molecule is CN1CCCc2cc(C3NC(C(=O)O)CS3)ccc21. The fraction of sp³-hybridized carbons (Fsp3) is 0.500. The minimum absolute atomic E-state index is 0.110. The normalized spacial score (nSPS) is 26.3. The van der Waals surface area contributed by atoms with E-state index in [4.69, 9.17) is 5.11 Å². The van der Waals surface area contributed by atoms with Crippen molar-refractivity contribution in [2.24, 2.45) is 0 Å². The molecule has 1 fully saturated rings. The van der Waals surface area contributed by atoms with Gasteiger partial charge in [-0.1, -0.05) is 12.1 Å². The van der Waals surface area contributed by atoms with Crippen molar-refractivity contribution in [1.29, 1.82) is 0 Å². The Labute approximate surface area is 117 Å². The van der Waals surface area contributed by atoms with Crippen LogP contribution in [0, 0.1) is 0 Å². The van der Waals surface area contributed by atoms with Crippen molar-refractivity contribution in [3.05, 3.63) is 29.3 Å². The van der Waals surface area contributed by atoms with Gasteiger partial charge in [0.2, 0.25) is 0 Å². The van der Waals surface area contributed by atoms with E-state index in [1.54, 1.807) is 11.8 Å². The zero-order chi connectivity index (χ0) is 13.4. The number of hydrogen-bond acceptors (Lipinski definition) is 4. The molecule has 0 radical (unpaired) electrons. The molecular formula is C14H18N2O2S. The van der Waals surface area contributed by atoms with Crippen LogP contribution in [0.3, 0.4) is 0 Å². The Morgan fingerprint density at radius 1 is 1.53 bits per heavy atom. The van der Waals surface area contributed by atoms with Crippen LogP contribution < -0.4 is 10.2 Å². The number of carboxylic acid groups (broad SMARTS) is 1. The van der Waals surface area contributed by atoms with Crippen molar-refractivity contribution in [2.45, 2.75) is 24.3 Å². The van der Waals surface area contributed by atoms with Gasteiger partial charge in [-0.15, -0.1) is 11.8 Å². The average Bonchev–Trinajstić information content (AvgIpc) is 2.88. The van der Waals surface area contributed by atoms with Crippen LogP contribution in [0.1, 0.15) is 22.9 Å². The summed E-state index contributed by atoms with van der Waals surface area (Å²) < 4.78 is 0. The quantitative estimate of drug-likeness (QED) is 0.865. The van der Waals surface area contributed by atoms with E-state index >= 15 is 0 Å². The summed E-state index contributed by atoms with van der Waals surface area (Å²) in [6.07, 6.45) is 2.31. The average molecular weight is 278 g/mol. The molecule has 3 rings (SSSR count). The molecule has 1 saturated heterocycles. The first kappa shape index (κ1) is 12.8. The van der Waals surface area contributed by atoms with Gasteiger partial charge in [0.05, 0.1) is 5.37 Å². The minimum atomic E-state index is -0.757. The Bertz CT molecular complexity index is 506. The zero-order valence-corrected chi connectivity index (χ0v) is 11.7. The second kappa shape index (κ2) is 5.06. The van der Waals surface area contributed by atoms with Crippen LogP contribution >= 0.6 is 11.8 Å². The summed E-state index contributed by atoms with van der Waals surface area (Å²) >= 11 is 1.68. The fourth-order valence-electron chi connectivity index (χ4n) is 2.77. The number of fused-ring (bicyclic) bond motifs is 1. The van der Waals surface area contributed by atoms with Crippen LogP contribution in [0.4, 0.5) is 5.69 Å². The number of nitrogens with zero attached hydrogens (tertiary/aromatic N) is 1. The summed E-state index contributed by atoms with van der Waals surface area (Å²) in [5.74, 6) is -0.121. The molecule has 0 bridgehead atoms. The lowest BCUT2D eigenvalue weighted by Crippen LogP contribution is -2.33. The lowest BCUT2D eigenvalue weighted by Gasteiger charge is -2.28. The highest BCUT2D eigenvalue weighted by Gasteiger charge is 2.30. The number of aryl methyl sites for hydroxylation is 1. The summed E-state index contributed by atoms with van der Waals surface area (Å²) in [7, 11) is 2.13. The van der Waals surface area contributed by atoms with Gasteiger partial charge >= 0.3 is 5.97 Å². The van der Waals surface area contributed by atoms with Crippen LogP contribution in [0.2, 0.25) is 0 Å². The number of benzene rings is 1. The summed E-state index contributed by atoms with van der Waals surface area (Å²) in [5.41, 5.74) is 3.89. The van der Waals surface area contributed by atoms with Gasteiger partial charge < -0.3 is 10.0 Å². The largest absolute Gasteiger partial charge is 0.480 e. The predicted octanol–water partition coefficient (Wildman–Crippen LogP) is 1.86. The number of thioether (sulfide) groups is 1. The van der Waals surface area contributed by atoms with Crippen LogP contribution in [0.25, 0.3) is 0 Å². The number of hydrogen-bond donors (Lipinski definition) is 2. The molecule has 19 heavy (non-hydrogen) atoms. The second-order valence-electron chi connectivity index (χ2n) is 5.18. The molecule has 1 aromatic carbocycles. The monoisotopic (exact) mass is 278 g/mol. The van der Waals surface area contributed by atoms with Crippen LogP contribution in [-0.2, 0) is 11.2 Å². The van der Waals surface area contributed by atoms with Gasteiger partial charge in [-0.05, 0) is 30.0 Å². The van der Waals surface area contributed by atoms with E-state index in [9.17, 15) is 4.79 Å². The smallest absolute Gasteiger partial charge is 0.321 e. The van der Waals surface area contributed by atoms with Crippen LogP contribution in [0.15, 0.2) is 18.2 Å². The molecule has 0 aromatic heterocycles. The molecular weight excluding hydrogens is 260 g/mol. The molecule has 1 aromatic rings. The Morgan fingerprint density at radius 3 is 3.11 bits per heavy atom. The van der Waals surface area contributed by atoms with Crippen LogP contribution in [-0.4, -0.2) is 36.5 Å². The number of rotatable bonds is 2. The van der Waals surface area contributed by atoms with Gasteiger partial charge in [0.25, 0.3) is 0 Å². The lowest BCUT2D eigenvalue weighted by molar-refractivity contribution is -0.138. The highest BCUT2D eigenvalue weighted by molar-refractivity contribution is 7.99. The first-order valence-electron chi connectivity index (χ1n) is 6.59. The number of nitrogens with one attached hydrogen (secondary N) is 1. The molecule has 2 unspecified atom stereocenters. The van der Waals surface area contributed by atoms with Crippen LogP contribution in [0.5, 0.6) is 0 Å². The van der Waals surface area contributed by atoms with E-state index in [2.05, 4.69) is 35.5 Å². The molecule has 0 spiro atoms. The molecule has 2 N–H and O–H groups in total. The Hall–Kier alpha value is -1.20. The fourth-order valence-corrected chi connectivity index (χ4v) is 4.00. The number of carbonyl (C=O) groups is 1. The molecule has 0 aliphatic carbocycles. The third-order valence-corrected chi connectivity index (χ3v) is 5.10. The maximum Gasteiger partial charge on any atom is 0.321 e. The lowest BCUT2D eigenvalue weighted by atomic mass is 9.99. The van der Waals surface area contributed by atoms with Crippen molar-refractivity contribution >= 4 is 23.4 Å². The van der Waals surface area contributed by atoms with Gasteiger partial charge in [-0.3, -0.25) is 10.1 Å². The van der Waals surface area contributed by atoms with E-state index in [1.165, 1.54) is 23.2 Å². The Morgan fingerprint density at radius 2 is 2.37 bits per heavy atom. The Balaban J connectivity index is 1.81. The third kappa shape index (κ3) is 2.44. The van der Waals surface area contributed by atoms with Gasteiger partial charge in [-0.25, -0.2) is 0 Å². The van der Waals surface area contributed by atoms with E-state index in [0.29, 0.717) is 5.75 Å². The maximum atomic E-state index is 11.0. The highest BCUT2D eigenvalue weighted by atomic mass is 32.2. The third-order valence-electron chi connectivity index (χ3n) is 3.84. The van der Waals surface area contributed by atoms with E-state index in [1.807, 2.05) is 0 Å². The standard InChI is InChI=1S/C14H18N2O2S/c1-16-6-2-3-9-7-10(4-5-12(9)16)13-15-11(8-19-13)14(17)18/h4-5,7,11,13,15H,2-3,6,8H2,1H3,(H,17,18). The van der Waals surface area contributed by atoms with Crippen molar-refractivity contribution < 1.29 is 9.90 Å². The Kier molecular flexibility index (Phi) is 3.41. The molecule has 5 heteroatoms. The molecule has 2 aliphatic rings. The molecule has 2 atom stereocenters. The van der Waals surface area contributed by atoms with Crippen molar-refractivity contribution in [1.82, 2.24) is 5.32 Å². The maximum absolute atomic E-state index is 11.0. The molecule has 4 nitrogen and oxygen atoms in total. The van der Waals surface area contributed by atoms with Crippen molar-refractivity contribution in [3.8, 4) is 0 Å². The molecule has 0 amide bonds. The summed E-state index contributed by atoms with van der Waals surface area (Å²) in [6, 6.07) is 6.10. The summed E-state index contributed by atoms with van der Waals surface area (Å²) in [5, 5.41) is 12.3. The number of anilines is 1. The van der Waals surface area contributed by atoms with E-state index in [0.717, 1.165) is 13.0 Å². The van der Waals surface area contributed by atoms with Gasteiger partial charge in [0.15, 0.2) is 0 Å². The molecule has 102 valence electrons. The second-order valence-corrected chi connectivity index (χ2v) is 6.32. The molecule has 2 aliphatic heterocycles. The first-order valence-corrected chi connectivity index (χ1v) is 7.64. The molecule has 0 saturated carbocycles. The summed E-state index contributed by atoms with van der Waals surface area (Å²) in [4.78, 5) is 13.3. The van der Waals surface area contributed by atoms with Crippen molar-refractivity contribution in [2.75, 3.05) is 24.2 Å². The minimum Gasteiger partial charge on any atom is -0.480 e. The van der Waals surface area contributed by atoms with Gasteiger partial charge in [-0.2, -0.15) is 0 Å². The van der Waals surface area contributed by atoms with E-state index in [-0.39, 0.29) is 5.37 Å². The number of aliphatic carboxylic acids is 1. The van der Waals surface area contributed by atoms with E-state index < -0.39 is 12.0 Å². The summed E-state index contributed by atoms with van der Waals surface area (Å²) in [6.45, 7) is 1.11. The number of carboxylic acids is 1. The first-order chi connectivity index (χ1) is 9.15. The highest BCUT2D eigenvalue weighted by Crippen LogP contribution is 2.36. The molecule has 2 heterocycles. The topological polar surface area (TPSA) is 52.6 Å². The van der Waals surface area contributed by atoms with Crippen molar-refractivity contribution in [3.63, 3.8) is 0 Å². The zero-order valence-electron chi connectivity index (χ0n) is 10.9. The van der Waals surface area contributed by atoms with Gasteiger partial charge in [0, 0.05) is 25.0 Å².